The molecule has 2 aromatic carbocycles. The topological polar surface area (TPSA) is 74.7 Å². The molecule has 31 heavy (non-hydrogen) atoms. The van der Waals surface area contributed by atoms with E-state index in [2.05, 4.69) is 20.6 Å². The van der Waals surface area contributed by atoms with E-state index in [1.807, 2.05) is 13.0 Å². The molecule has 0 aliphatic heterocycles. The third kappa shape index (κ3) is 3.61. The minimum absolute atomic E-state index is 0.0847. The summed E-state index contributed by atoms with van der Waals surface area (Å²) in [5.41, 5.74) is 3.04. The van der Waals surface area contributed by atoms with E-state index in [4.69, 9.17) is 2.74 Å². The van der Waals surface area contributed by atoms with E-state index in [0.717, 1.165) is 5.56 Å². The third-order valence-electron chi connectivity index (χ3n) is 5.04. The molecule has 0 aliphatic rings. The smallest absolute Gasteiger partial charge is 0.323 e. The number of hydrogen-bond donors (Lipinski definition) is 3. The molecule has 0 saturated heterocycles. The number of halogens is 1. The van der Waals surface area contributed by atoms with E-state index in [-0.39, 0.29) is 5.69 Å². The number of amides is 2. The van der Waals surface area contributed by atoms with Gasteiger partial charge in [-0.2, -0.15) is 0 Å². The van der Waals surface area contributed by atoms with E-state index in [9.17, 15) is 9.18 Å². The first-order valence-corrected chi connectivity index (χ1v) is 9.72. The molecule has 5 rings (SSSR count). The van der Waals surface area contributed by atoms with E-state index < -0.39 is 18.3 Å². The maximum atomic E-state index is 14.0. The van der Waals surface area contributed by atoms with E-state index >= 15 is 0 Å². The number of carbonyl (C=O) groups is 1. The predicted octanol–water partition coefficient (Wildman–Crippen LogP) is 5.66. The van der Waals surface area contributed by atoms with Gasteiger partial charge in [0.2, 0.25) is 0 Å². The molecular formula is C24H20FN5O. The Bertz CT molecular complexity index is 1510. The molecule has 3 heterocycles. The minimum atomic E-state index is -1.88. The third-order valence-corrected chi connectivity index (χ3v) is 5.04. The fraction of sp³-hybridized carbons (Fsp3) is 0.0833. The van der Waals surface area contributed by atoms with E-state index in [0.29, 0.717) is 33.2 Å². The maximum absolute atomic E-state index is 14.0. The second kappa shape index (κ2) is 7.60. The highest BCUT2D eigenvalue weighted by molar-refractivity contribution is 6.06. The molecule has 2 amide bonds. The number of pyridine rings is 1. The fourth-order valence-electron chi connectivity index (χ4n) is 3.56. The summed E-state index contributed by atoms with van der Waals surface area (Å²) in [7, 11) is 0. The molecule has 3 aromatic heterocycles. The van der Waals surface area contributed by atoms with Crippen molar-refractivity contribution in [2.24, 2.45) is 0 Å². The summed E-state index contributed by atoms with van der Waals surface area (Å²) in [6.07, 6.45) is 4.91. The van der Waals surface area contributed by atoms with Gasteiger partial charge in [0.05, 0.1) is 19.6 Å². The van der Waals surface area contributed by atoms with Crippen LogP contribution in [0, 0.1) is 12.7 Å². The van der Waals surface area contributed by atoms with Crippen LogP contribution < -0.4 is 10.6 Å². The Morgan fingerprint density at radius 2 is 2.00 bits per heavy atom. The Morgan fingerprint density at radius 3 is 2.90 bits per heavy atom. The van der Waals surface area contributed by atoms with Gasteiger partial charge in [0.1, 0.15) is 11.5 Å². The van der Waals surface area contributed by atoms with Crippen LogP contribution in [0.1, 0.15) is 13.9 Å². The number of urea groups is 1. The number of benzene rings is 2. The van der Waals surface area contributed by atoms with Crippen LogP contribution in [0.4, 0.5) is 20.6 Å². The van der Waals surface area contributed by atoms with Crippen molar-refractivity contribution >= 4 is 39.3 Å². The first kappa shape index (κ1) is 16.6. The molecule has 7 heteroatoms. The largest absolute Gasteiger partial charge is 0.346 e. The number of carbonyl (C=O) groups excluding carboxylic acids is 1. The molecule has 0 fully saturated rings. The minimum Gasteiger partial charge on any atom is -0.346 e. The average Bonchev–Trinajstić information content (AvgIpc) is 3.42. The Kier molecular flexibility index (Phi) is 4.08. The van der Waals surface area contributed by atoms with Gasteiger partial charge in [-0.15, -0.1) is 0 Å². The highest BCUT2D eigenvalue weighted by Gasteiger charge is 2.12. The van der Waals surface area contributed by atoms with Gasteiger partial charge in [0.15, 0.2) is 0 Å². The quantitative estimate of drug-likeness (QED) is 0.354. The summed E-state index contributed by atoms with van der Waals surface area (Å²) in [4.78, 5) is 19.8. The molecule has 154 valence electrons. The molecule has 0 unspecified atom stereocenters. The molecule has 0 bridgehead atoms. The molecule has 0 spiro atoms. The predicted molar refractivity (Wildman–Crippen MR) is 121 cm³/mol. The summed E-state index contributed by atoms with van der Waals surface area (Å²) in [5.74, 6) is -0.526. The molecule has 0 saturated carbocycles. The summed E-state index contributed by atoms with van der Waals surface area (Å²) < 4.78 is 33.2. The number of nitrogens with one attached hydrogen (secondary N) is 3. The van der Waals surface area contributed by atoms with Crippen LogP contribution in [0.15, 0.2) is 73.2 Å². The summed E-state index contributed by atoms with van der Waals surface area (Å²) in [6, 6.07) is 14.4. The van der Waals surface area contributed by atoms with Crippen LogP contribution >= 0.6 is 0 Å². The normalized spacial score (nSPS) is 12.6. The van der Waals surface area contributed by atoms with Crippen LogP contribution in [0.25, 0.3) is 21.9 Å². The molecule has 6 nitrogen and oxygen atoms in total. The molecule has 0 atom stereocenters. The number of rotatable bonds is 4. The molecule has 5 aromatic rings. The number of H-pyrrole nitrogens is 1. The number of hydrogen-bond acceptors (Lipinski definition) is 2. The number of aromatic nitrogens is 3. The number of anilines is 2. The van der Waals surface area contributed by atoms with Crippen LogP contribution in [-0.4, -0.2) is 20.6 Å². The lowest BCUT2D eigenvalue weighted by Gasteiger charge is -2.11. The lowest BCUT2D eigenvalue weighted by molar-refractivity contribution is 0.262. The van der Waals surface area contributed by atoms with Gasteiger partial charge in [0, 0.05) is 35.9 Å². The van der Waals surface area contributed by atoms with Gasteiger partial charge < -0.3 is 20.2 Å². The summed E-state index contributed by atoms with van der Waals surface area (Å²) in [5, 5.41) is 6.61. The van der Waals surface area contributed by atoms with Crippen LogP contribution in [0.5, 0.6) is 0 Å². The average molecular weight is 415 g/mol. The zero-order valence-electron chi connectivity index (χ0n) is 18.6. The maximum Gasteiger partial charge on any atom is 0.323 e. The molecule has 0 radical (unpaired) electrons. The van der Waals surface area contributed by atoms with Crippen molar-refractivity contribution in [3.8, 4) is 0 Å². The molecule has 3 N–H and O–H groups in total. The van der Waals surface area contributed by atoms with Crippen molar-refractivity contribution in [3.05, 3.63) is 90.1 Å². The SMILES string of the molecule is [2H]C([2H])(c1c[nH]c2ncccc12)n1ccc2c(NC(=O)Nc3cc(C)ccc3F)cccc21. The standard InChI is InChI=1S/C24H20FN5O/c1-15-7-8-19(25)21(12-15)29-24(31)28-20-5-2-6-22-18(20)9-11-30(22)14-16-13-27-23-17(16)4-3-10-26-23/h2-13H,14H2,1H3,(H,26,27)(H2,28,29,31)/i14D2. The number of aromatic amines is 1. The highest BCUT2D eigenvalue weighted by Crippen LogP contribution is 2.27. The molecule has 0 aliphatic carbocycles. The summed E-state index contributed by atoms with van der Waals surface area (Å²) >= 11 is 0. The summed E-state index contributed by atoms with van der Waals surface area (Å²) in [6.45, 7) is -0.0711. The van der Waals surface area contributed by atoms with Gasteiger partial charge in [-0.05, 0) is 60.5 Å². The van der Waals surface area contributed by atoms with Crippen molar-refractivity contribution in [2.75, 3.05) is 10.6 Å². The molecular weight excluding hydrogens is 393 g/mol. The van der Waals surface area contributed by atoms with Gasteiger partial charge in [-0.3, -0.25) is 0 Å². The van der Waals surface area contributed by atoms with E-state index in [1.165, 1.54) is 10.6 Å². The van der Waals surface area contributed by atoms with Crippen molar-refractivity contribution < 1.29 is 11.9 Å². The second-order valence-corrected chi connectivity index (χ2v) is 7.20. The van der Waals surface area contributed by atoms with Crippen LogP contribution in [0.3, 0.4) is 0 Å². The first-order chi connectivity index (χ1) is 15.8. The van der Waals surface area contributed by atoms with Crippen LogP contribution in [0.2, 0.25) is 0 Å². The second-order valence-electron chi connectivity index (χ2n) is 7.20. The Morgan fingerprint density at radius 1 is 1.13 bits per heavy atom. The number of fused-ring (bicyclic) bond motifs is 2. The van der Waals surface area contributed by atoms with Gasteiger partial charge in [0.25, 0.3) is 0 Å². The van der Waals surface area contributed by atoms with E-state index in [1.54, 1.807) is 61.1 Å². The Labute approximate surface area is 180 Å². The number of nitrogens with zero attached hydrogens (tertiary/aromatic N) is 2. The van der Waals surface area contributed by atoms with Crippen molar-refractivity contribution in [3.63, 3.8) is 0 Å². The lowest BCUT2D eigenvalue weighted by atomic mass is 10.2. The van der Waals surface area contributed by atoms with Crippen molar-refractivity contribution in [2.45, 2.75) is 13.4 Å². The first-order valence-electron chi connectivity index (χ1n) is 10.7. The highest BCUT2D eigenvalue weighted by atomic mass is 19.1. The Hall–Kier alpha value is -4.13. The Balaban J connectivity index is 1.48. The zero-order chi connectivity index (χ0) is 23.2. The fourth-order valence-corrected chi connectivity index (χ4v) is 3.56. The lowest BCUT2D eigenvalue weighted by Crippen LogP contribution is -2.20. The van der Waals surface area contributed by atoms with Gasteiger partial charge in [-0.25, -0.2) is 14.2 Å². The van der Waals surface area contributed by atoms with Crippen molar-refractivity contribution in [1.29, 1.82) is 0 Å². The monoisotopic (exact) mass is 415 g/mol. The van der Waals surface area contributed by atoms with Crippen LogP contribution in [-0.2, 0) is 6.50 Å². The van der Waals surface area contributed by atoms with Crippen molar-refractivity contribution in [1.82, 2.24) is 14.5 Å². The number of aryl methyl sites for hydroxylation is 1. The zero-order valence-corrected chi connectivity index (χ0v) is 16.6. The van der Waals surface area contributed by atoms with Gasteiger partial charge >= 0.3 is 6.03 Å². The van der Waals surface area contributed by atoms with Gasteiger partial charge in [-0.1, -0.05) is 12.1 Å².